The minimum absolute atomic E-state index is 0.172. The minimum Gasteiger partial charge on any atom is -0.322 e. The number of benzene rings is 2. The highest BCUT2D eigenvalue weighted by atomic mass is 16.1. The summed E-state index contributed by atoms with van der Waals surface area (Å²) in [7, 11) is 0. The molecule has 0 unspecified atom stereocenters. The lowest BCUT2D eigenvalue weighted by atomic mass is 10.1. The minimum atomic E-state index is -0.172. The van der Waals surface area contributed by atoms with Gasteiger partial charge in [-0.05, 0) is 42.7 Å². The Morgan fingerprint density at radius 1 is 1.04 bits per heavy atom. The number of rotatable bonds is 4. The van der Waals surface area contributed by atoms with Crippen molar-refractivity contribution in [2.75, 3.05) is 5.32 Å². The first-order valence-electron chi connectivity index (χ1n) is 8.85. The highest BCUT2D eigenvalue weighted by Crippen LogP contribution is 2.20. The van der Waals surface area contributed by atoms with Gasteiger partial charge in [0.05, 0.1) is 18.3 Å². The standard InChI is InChI=1S/C22H20N4O/c1-15-7-6-10-20(16(15)2)25-22(27)19-11-18-13-24-26(21(18)23-12-19)14-17-8-4-3-5-9-17/h3-13H,14H2,1-2H3,(H,25,27). The van der Waals surface area contributed by atoms with Gasteiger partial charge in [0.2, 0.25) is 0 Å². The van der Waals surface area contributed by atoms with Crippen LogP contribution < -0.4 is 5.32 Å². The summed E-state index contributed by atoms with van der Waals surface area (Å²) in [6.45, 7) is 4.67. The zero-order valence-electron chi connectivity index (χ0n) is 15.3. The molecule has 4 rings (SSSR count). The molecule has 0 saturated heterocycles. The number of carbonyl (C=O) groups is 1. The van der Waals surface area contributed by atoms with E-state index in [9.17, 15) is 4.79 Å². The number of hydrogen-bond donors (Lipinski definition) is 1. The average molecular weight is 356 g/mol. The maximum absolute atomic E-state index is 12.6. The quantitative estimate of drug-likeness (QED) is 0.591. The lowest BCUT2D eigenvalue weighted by Crippen LogP contribution is -2.13. The number of aryl methyl sites for hydroxylation is 1. The lowest BCUT2D eigenvalue weighted by molar-refractivity contribution is 0.102. The molecule has 5 heteroatoms. The van der Waals surface area contributed by atoms with Gasteiger partial charge < -0.3 is 5.32 Å². The molecule has 0 aliphatic carbocycles. The van der Waals surface area contributed by atoms with E-state index in [2.05, 4.69) is 27.5 Å². The molecule has 2 aromatic heterocycles. The van der Waals surface area contributed by atoms with Crippen LogP contribution in [0.15, 0.2) is 67.0 Å². The largest absolute Gasteiger partial charge is 0.322 e. The van der Waals surface area contributed by atoms with E-state index in [1.165, 1.54) is 0 Å². The van der Waals surface area contributed by atoms with Crippen molar-refractivity contribution < 1.29 is 4.79 Å². The van der Waals surface area contributed by atoms with Gasteiger partial charge in [-0.25, -0.2) is 9.67 Å². The van der Waals surface area contributed by atoms with E-state index in [4.69, 9.17) is 0 Å². The molecule has 0 fully saturated rings. The van der Waals surface area contributed by atoms with Crippen LogP contribution in [-0.4, -0.2) is 20.7 Å². The first kappa shape index (κ1) is 17.0. The Morgan fingerprint density at radius 2 is 1.85 bits per heavy atom. The van der Waals surface area contributed by atoms with Gasteiger partial charge in [-0.2, -0.15) is 5.10 Å². The normalized spacial score (nSPS) is 10.9. The molecule has 0 atom stereocenters. The van der Waals surface area contributed by atoms with Gasteiger partial charge in [0.1, 0.15) is 0 Å². The van der Waals surface area contributed by atoms with Crippen molar-refractivity contribution >= 4 is 22.6 Å². The Morgan fingerprint density at radius 3 is 2.67 bits per heavy atom. The van der Waals surface area contributed by atoms with Crippen molar-refractivity contribution in [2.45, 2.75) is 20.4 Å². The summed E-state index contributed by atoms with van der Waals surface area (Å²) in [5.41, 5.74) is 5.46. The third-order valence-corrected chi connectivity index (χ3v) is 4.77. The van der Waals surface area contributed by atoms with E-state index in [0.29, 0.717) is 12.1 Å². The van der Waals surface area contributed by atoms with Gasteiger partial charge in [0, 0.05) is 17.3 Å². The molecule has 0 spiro atoms. The highest BCUT2D eigenvalue weighted by molar-refractivity contribution is 6.06. The number of amides is 1. The van der Waals surface area contributed by atoms with Gasteiger partial charge >= 0.3 is 0 Å². The lowest BCUT2D eigenvalue weighted by Gasteiger charge is -2.10. The second-order valence-electron chi connectivity index (χ2n) is 6.63. The molecule has 0 radical (unpaired) electrons. The van der Waals surface area contributed by atoms with Crippen molar-refractivity contribution in [1.29, 1.82) is 0 Å². The van der Waals surface area contributed by atoms with Crippen molar-refractivity contribution in [2.24, 2.45) is 0 Å². The fraction of sp³-hybridized carbons (Fsp3) is 0.136. The number of anilines is 1. The first-order chi connectivity index (χ1) is 13.1. The summed E-state index contributed by atoms with van der Waals surface area (Å²) in [6, 6.07) is 17.8. The van der Waals surface area contributed by atoms with Crippen molar-refractivity contribution in [1.82, 2.24) is 14.8 Å². The average Bonchev–Trinajstić information content (AvgIpc) is 3.08. The fourth-order valence-electron chi connectivity index (χ4n) is 3.05. The summed E-state index contributed by atoms with van der Waals surface area (Å²) in [5, 5.41) is 8.24. The number of aromatic nitrogens is 3. The number of carbonyl (C=O) groups excluding carboxylic acids is 1. The third-order valence-electron chi connectivity index (χ3n) is 4.77. The molecule has 2 heterocycles. The molecule has 1 N–H and O–H groups in total. The first-order valence-corrected chi connectivity index (χ1v) is 8.85. The van der Waals surface area contributed by atoms with Crippen LogP contribution >= 0.6 is 0 Å². The van der Waals surface area contributed by atoms with Crippen molar-refractivity contribution in [3.63, 3.8) is 0 Å². The van der Waals surface area contributed by atoms with Crippen LogP contribution in [0.4, 0.5) is 5.69 Å². The Kier molecular flexibility index (Phi) is 4.42. The Bertz CT molecular complexity index is 1120. The van der Waals surface area contributed by atoms with Gasteiger partial charge in [0.25, 0.3) is 5.91 Å². The summed E-state index contributed by atoms with van der Waals surface area (Å²) in [6.07, 6.45) is 3.35. The highest BCUT2D eigenvalue weighted by Gasteiger charge is 2.12. The van der Waals surface area contributed by atoms with Gasteiger partial charge in [0.15, 0.2) is 5.65 Å². The van der Waals surface area contributed by atoms with E-state index in [-0.39, 0.29) is 5.91 Å². The van der Waals surface area contributed by atoms with Crippen molar-refractivity contribution in [3.05, 3.63) is 89.2 Å². The topological polar surface area (TPSA) is 59.8 Å². The van der Waals surface area contributed by atoms with Gasteiger partial charge in [-0.1, -0.05) is 42.5 Å². The fourth-order valence-corrected chi connectivity index (χ4v) is 3.05. The zero-order chi connectivity index (χ0) is 18.8. The maximum atomic E-state index is 12.6. The Labute approximate surface area is 157 Å². The predicted octanol–water partition coefficient (Wildman–Crippen LogP) is 4.35. The van der Waals surface area contributed by atoms with E-state index in [0.717, 1.165) is 33.4 Å². The Balaban J connectivity index is 1.58. The molecule has 0 saturated carbocycles. The molecule has 0 aliphatic rings. The van der Waals surface area contributed by atoms with Crippen LogP contribution in [0, 0.1) is 13.8 Å². The summed E-state index contributed by atoms with van der Waals surface area (Å²) >= 11 is 0. The molecule has 4 aromatic rings. The zero-order valence-corrected chi connectivity index (χ0v) is 15.3. The number of fused-ring (bicyclic) bond motifs is 1. The SMILES string of the molecule is Cc1cccc(NC(=O)c2cnc3c(cnn3Cc3ccccc3)c2)c1C. The molecule has 5 nitrogen and oxygen atoms in total. The number of nitrogens with one attached hydrogen (secondary N) is 1. The van der Waals surface area contributed by atoms with Gasteiger partial charge in [-0.3, -0.25) is 4.79 Å². The Hall–Kier alpha value is -3.47. The van der Waals surface area contributed by atoms with Crippen LogP contribution in [-0.2, 0) is 6.54 Å². The van der Waals surface area contributed by atoms with E-state index < -0.39 is 0 Å². The monoisotopic (exact) mass is 356 g/mol. The second kappa shape index (κ2) is 7.03. The van der Waals surface area contributed by atoms with Crippen LogP contribution in [0.5, 0.6) is 0 Å². The van der Waals surface area contributed by atoms with Gasteiger partial charge in [-0.15, -0.1) is 0 Å². The molecule has 134 valence electrons. The molecule has 1 amide bonds. The molecular weight excluding hydrogens is 336 g/mol. The summed E-state index contributed by atoms with van der Waals surface area (Å²) < 4.78 is 1.84. The number of pyridine rings is 1. The summed E-state index contributed by atoms with van der Waals surface area (Å²) in [5.74, 6) is -0.172. The molecule has 0 aliphatic heterocycles. The van der Waals surface area contributed by atoms with E-state index in [1.54, 1.807) is 12.4 Å². The van der Waals surface area contributed by atoms with Crippen LogP contribution in [0.25, 0.3) is 11.0 Å². The van der Waals surface area contributed by atoms with Crippen LogP contribution in [0.2, 0.25) is 0 Å². The summed E-state index contributed by atoms with van der Waals surface area (Å²) in [4.78, 5) is 17.1. The van der Waals surface area contributed by atoms with Crippen LogP contribution in [0.1, 0.15) is 27.0 Å². The van der Waals surface area contributed by atoms with Crippen LogP contribution in [0.3, 0.4) is 0 Å². The molecule has 2 aromatic carbocycles. The molecular formula is C22H20N4O. The maximum Gasteiger partial charge on any atom is 0.257 e. The van der Waals surface area contributed by atoms with E-state index >= 15 is 0 Å². The smallest absolute Gasteiger partial charge is 0.257 e. The molecule has 27 heavy (non-hydrogen) atoms. The van der Waals surface area contributed by atoms with Crippen molar-refractivity contribution in [3.8, 4) is 0 Å². The second-order valence-corrected chi connectivity index (χ2v) is 6.63. The third kappa shape index (κ3) is 3.44. The van der Waals surface area contributed by atoms with E-state index in [1.807, 2.05) is 61.0 Å². The number of hydrogen-bond acceptors (Lipinski definition) is 3. The predicted molar refractivity (Wildman–Crippen MR) is 107 cm³/mol. The molecule has 0 bridgehead atoms. The number of nitrogens with zero attached hydrogens (tertiary/aromatic N) is 3.